The topological polar surface area (TPSA) is 67.6 Å². The number of rotatable bonds is 5. The summed E-state index contributed by atoms with van der Waals surface area (Å²) in [6, 6.07) is 5.66. The molecule has 1 aliphatic rings. The van der Waals surface area contributed by atoms with E-state index >= 15 is 0 Å². The van der Waals surface area contributed by atoms with Gasteiger partial charge in [0.2, 0.25) is 5.91 Å². The van der Waals surface area contributed by atoms with Crippen molar-refractivity contribution >= 4 is 5.91 Å². The monoisotopic (exact) mass is 373 g/mol. The highest BCUT2D eigenvalue weighted by Gasteiger charge is 2.64. The van der Waals surface area contributed by atoms with Crippen molar-refractivity contribution in [1.29, 1.82) is 0 Å². The zero-order valence-electron chi connectivity index (χ0n) is 12.0. The molecule has 1 unspecified atom stereocenters. The maximum absolute atomic E-state index is 13.7. The van der Waals surface area contributed by atoms with E-state index in [0.717, 1.165) is 12.1 Å². The Morgan fingerprint density at radius 2 is 1.72 bits per heavy atom. The van der Waals surface area contributed by atoms with Crippen molar-refractivity contribution < 1.29 is 40.4 Å². The number of hydrazine groups is 1. The summed E-state index contributed by atoms with van der Waals surface area (Å²) in [5.41, 5.74) is 1.27. The summed E-state index contributed by atoms with van der Waals surface area (Å²) in [6.45, 7) is 0. The molecule has 1 amide bonds. The highest BCUT2D eigenvalue weighted by Crippen LogP contribution is 2.47. The Morgan fingerprint density at radius 3 is 2.16 bits per heavy atom. The number of carbonyl (C=O) groups excluding carboxylic acids is 1. The first-order chi connectivity index (χ1) is 11.4. The molecular weight excluding hydrogens is 363 g/mol. The summed E-state index contributed by atoms with van der Waals surface area (Å²) in [6.07, 6.45) is -14.5. The van der Waals surface area contributed by atoms with E-state index in [1.807, 2.05) is 0 Å². The molecule has 0 aliphatic carbocycles. The Bertz CT molecular complexity index is 678. The number of nitrogens with two attached hydrogens (primary N) is 1. The van der Waals surface area contributed by atoms with Crippen LogP contribution in [0.25, 0.3) is 0 Å². The zero-order chi connectivity index (χ0) is 19.0. The summed E-state index contributed by atoms with van der Waals surface area (Å²) in [5.74, 6) is -1.61. The standard InChI is InChI=1S/C13H10F7N3O2/c14-10(15)12(16,17)25-23-6-8(9(21)24)11(22-23,13(18,19)20)7-4-2-1-3-5-7/h1-6,10,22H,(H2,21,24). The molecule has 0 saturated carbocycles. The van der Waals surface area contributed by atoms with Gasteiger partial charge in [0, 0.05) is 0 Å². The molecule has 1 aliphatic heterocycles. The van der Waals surface area contributed by atoms with E-state index < -0.39 is 46.5 Å². The first kappa shape index (κ1) is 19.0. The lowest BCUT2D eigenvalue weighted by molar-refractivity contribution is -0.395. The van der Waals surface area contributed by atoms with Gasteiger partial charge in [-0.25, -0.2) is 8.78 Å². The number of amides is 1. The zero-order valence-corrected chi connectivity index (χ0v) is 12.0. The summed E-state index contributed by atoms with van der Waals surface area (Å²) in [7, 11) is 0. The largest absolute Gasteiger partial charge is 0.437 e. The van der Waals surface area contributed by atoms with Crippen molar-refractivity contribution in [2.75, 3.05) is 0 Å². The van der Waals surface area contributed by atoms with Gasteiger partial charge < -0.3 is 5.73 Å². The maximum atomic E-state index is 13.7. The second-order valence-corrected chi connectivity index (χ2v) is 4.91. The van der Waals surface area contributed by atoms with Gasteiger partial charge in [0.15, 0.2) is 5.54 Å². The molecule has 3 N–H and O–H groups in total. The van der Waals surface area contributed by atoms with Crippen LogP contribution in [-0.4, -0.2) is 29.8 Å². The lowest BCUT2D eigenvalue weighted by atomic mass is 9.83. The van der Waals surface area contributed by atoms with Crippen molar-refractivity contribution in [2.45, 2.75) is 24.2 Å². The Hall–Kier alpha value is -2.34. The van der Waals surface area contributed by atoms with Gasteiger partial charge in [0.05, 0.1) is 11.8 Å². The molecule has 1 aromatic rings. The summed E-state index contributed by atoms with van der Waals surface area (Å²) in [4.78, 5) is 15.0. The van der Waals surface area contributed by atoms with E-state index in [2.05, 4.69) is 4.84 Å². The van der Waals surface area contributed by atoms with Crippen LogP contribution in [0.5, 0.6) is 0 Å². The number of halogens is 7. The minimum absolute atomic E-state index is 0.152. The molecule has 0 aromatic heterocycles. The van der Waals surface area contributed by atoms with Crippen LogP contribution in [0.15, 0.2) is 42.1 Å². The van der Waals surface area contributed by atoms with Crippen molar-refractivity contribution in [3.05, 3.63) is 47.7 Å². The van der Waals surface area contributed by atoms with Gasteiger partial charge in [0.1, 0.15) is 0 Å². The SMILES string of the molecule is NC(=O)C1=CN(OC(F)(F)C(F)F)NC1(c1ccccc1)C(F)(F)F. The Kier molecular flexibility index (Phi) is 4.70. The van der Waals surface area contributed by atoms with Gasteiger partial charge in [-0.3, -0.25) is 4.79 Å². The number of hydrogen-bond donors (Lipinski definition) is 2. The van der Waals surface area contributed by atoms with Gasteiger partial charge in [0.25, 0.3) is 0 Å². The molecule has 5 nitrogen and oxygen atoms in total. The predicted octanol–water partition coefficient (Wildman–Crippen LogP) is 2.42. The molecule has 138 valence electrons. The van der Waals surface area contributed by atoms with E-state index in [4.69, 9.17) is 5.73 Å². The van der Waals surface area contributed by atoms with Crippen molar-refractivity contribution in [2.24, 2.45) is 5.73 Å². The van der Waals surface area contributed by atoms with Crippen molar-refractivity contribution in [3.63, 3.8) is 0 Å². The van der Waals surface area contributed by atoms with E-state index in [0.29, 0.717) is 0 Å². The van der Waals surface area contributed by atoms with Crippen LogP contribution in [0.2, 0.25) is 0 Å². The number of primary amides is 1. The van der Waals surface area contributed by atoms with E-state index in [1.165, 1.54) is 23.6 Å². The van der Waals surface area contributed by atoms with Crippen LogP contribution in [0.1, 0.15) is 5.56 Å². The number of hydroxylamine groups is 1. The maximum Gasteiger partial charge on any atom is 0.437 e. The molecule has 2 rings (SSSR count). The van der Waals surface area contributed by atoms with Crippen molar-refractivity contribution in [1.82, 2.24) is 10.6 Å². The molecule has 1 heterocycles. The van der Waals surface area contributed by atoms with Gasteiger partial charge in [-0.1, -0.05) is 30.3 Å². The molecule has 1 atom stereocenters. The molecule has 0 fully saturated rings. The van der Waals surface area contributed by atoms with Crippen LogP contribution in [0, 0.1) is 0 Å². The Labute approximate surface area is 135 Å². The molecule has 25 heavy (non-hydrogen) atoms. The first-order valence-electron chi connectivity index (χ1n) is 6.48. The second-order valence-electron chi connectivity index (χ2n) is 4.91. The van der Waals surface area contributed by atoms with Crippen LogP contribution < -0.4 is 11.2 Å². The fraction of sp³-hybridized carbons (Fsp3) is 0.308. The third kappa shape index (κ3) is 3.26. The lowest BCUT2D eigenvalue weighted by Crippen LogP contribution is -2.58. The van der Waals surface area contributed by atoms with E-state index in [-0.39, 0.29) is 6.20 Å². The number of benzene rings is 1. The molecule has 1 aromatic carbocycles. The highest BCUT2D eigenvalue weighted by molar-refractivity contribution is 5.95. The number of alkyl halides is 7. The molecule has 0 spiro atoms. The van der Waals surface area contributed by atoms with Crippen LogP contribution >= 0.6 is 0 Å². The number of hydrogen-bond acceptors (Lipinski definition) is 4. The minimum atomic E-state index is -5.26. The molecule has 0 radical (unpaired) electrons. The van der Waals surface area contributed by atoms with E-state index in [1.54, 1.807) is 0 Å². The minimum Gasteiger partial charge on any atom is -0.366 e. The average molecular weight is 373 g/mol. The fourth-order valence-corrected chi connectivity index (χ4v) is 2.23. The quantitative estimate of drug-likeness (QED) is 0.778. The van der Waals surface area contributed by atoms with Crippen LogP contribution in [-0.2, 0) is 15.2 Å². The number of nitrogens with zero attached hydrogens (tertiary/aromatic N) is 1. The number of carbonyl (C=O) groups is 1. The molecular formula is C13H10F7N3O2. The lowest BCUT2D eigenvalue weighted by Gasteiger charge is -2.35. The third-order valence-corrected chi connectivity index (χ3v) is 3.30. The third-order valence-electron chi connectivity index (χ3n) is 3.30. The number of nitrogens with one attached hydrogen (secondary N) is 1. The normalized spacial score (nSPS) is 21.6. The summed E-state index contributed by atoms with van der Waals surface area (Å²) in [5, 5.41) is -0.396. The van der Waals surface area contributed by atoms with Crippen LogP contribution in [0.4, 0.5) is 30.7 Å². The first-order valence-corrected chi connectivity index (χ1v) is 6.48. The van der Waals surface area contributed by atoms with Crippen LogP contribution in [0.3, 0.4) is 0 Å². The smallest absolute Gasteiger partial charge is 0.366 e. The summed E-state index contributed by atoms with van der Waals surface area (Å²) >= 11 is 0. The van der Waals surface area contributed by atoms with Crippen molar-refractivity contribution in [3.8, 4) is 0 Å². The Morgan fingerprint density at radius 1 is 1.16 bits per heavy atom. The predicted molar refractivity (Wildman–Crippen MR) is 68.5 cm³/mol. The van der Waals surface area contributed by atoms with Gasteiger partial charge in [-0.15, -0.1) is 0 Å². The summed E-state index contributed by atoms with van der Waals surface area (Å²) < 4.78 is 91.7. The fourth-order valence-electron chi connectivity index (χ4n) is 2.23. The Balaban J connectivity index is 2.54. The molecule has 0 saturated heterocycles. The van der Waals surface area contributed by atoms with Gasteiger partial charge in [-0.2, -0.15) is 37.4 Å². The van der Waals surface area contributed by atoms with Gasteiger partial charge >= 0.3 is 18.7 Å². The second kappa shape index (κ2) is 6.19. The average Bonchev–Trinajstić information content (AvgIpc) is 2.88. The van der Waals surface area contributed by atoms with E-state index in [9.17, 15) is 35.5 Å². The highest BCUT2D eigenvalue weighted by atomic mass is 19.4. The molecule has 0 bridgehead atoms. The van der Waals surface area contributed by atoms with Gasteiger partial charge in [-0.05, 0) is 5.56 Å². The molecule has 12 heteroatoms.